The molecule has 0 spiro atoms. The minimum Gasteiger partial charge on any atom is -0.331 e. The van der Waals surface area contributed by atoms with Crippen molar-refractivity contribution in [2.75, 3.05) is 32.7 Å². The second kappa shape index (κ2) is 7.87. The fraction of sp³-hybridized carbons (Fsp3) is 0.800. The molecule has 2 aliphatic rings. The van der Waals surface area contributed by atoms with Crippen LogP contribution < -0.4 is 5.32 Å². The van der Waals surface area contributed by atoms with Crippen molar-refractivity contribution in [3.05, 3.63) is 11.6 Å². The number of nitrogens with zero attached hydrogens (tertiary/aromatic N) is 5. The molecule has 0 unspecified atom stereocenters. The van der Waals surface area contributed by atoms with Gasteiger partial charge in [0.2, 0.25) is 0 Å². The lowest BCUT2D eigenvalue weighted by molar-refractivity contribution is 0.0635. The van der Waals surface area contributed by atoms with Crippen molar-refractivity contribution in [2.45, 2.75) is 45.2 Å². The predicted molar refractivity (Wildman–Crippen MR) is 83.8 cm³/mol. The van der Waals surface area contributed by atoms with Crippen molar-refractivity contribution < 1.29 is 13.6 Å². The Bertz CT molecular complexity index is 556. The van der Waals surface area contributed by atoms with E-state index in [9.17, 15) is 13.6 Å². The maximum atomic E-state index is 12.4. The molecule has 24 heavy (non-hydrogen) atoms. The Morgan fingerprint density at radius 1 is 1.08 bits per heavy atom. The number of amides is 2. The van der Waals surface area contributed by atoms with Crippen molar-refractivity contribution >= 4 is 6.03 Å². The van der Waals surface area contributed by atoms with Crippen LogP contribution >= 0.6 is 0 Å². The van der Waals surface area contributed by atoms with E-state index in [1.807, 2.05) is 0 Å². The van der Waals surface area contributed by atoms with Crippen LogP contribution in [0.5, 0.6) is 0 Å². The first-order valence-electron chi connectivity index (χ1n) is 8.57. The van der Waals surface area contributed by atoms with Crippen molar-refractivity contribution in [1.29, 1.82) is 0 Å². The van der Waals surface area contributed by atoms with Crippen LogP contribution in [-0.4, -0.2) is 69.7 Å². The van der Waals surface area contributed by atoms with Crippen LogP contribution in [0.1, 0.15) is 30.9 Å². The number of hydrogen-bond acceptors (Lipinski definition) is 4. The summed E-state index contributed by atoms with van der Waals surface area (Å²) in [5.41, 5.74) is 0. The van der Waals surface area contributed by atoms with Crippen LogP contribution in [0.15, 0.2) is 0 Å². The van der Waals surface area contributed by atoms with Gasteiger partial charge in [0, 0.05) is 39.1 Å². The molecule has 2 amide bonds. The molecule has 7 nitrogen and oxygen atoms in total. The van der Waals surface area contributed by atoms with E-state index in [4.69, 9.17) is 0 Å². The third-order valence-electron chi connectivity index (χ3n) is 4.64. The molecule has 0 atom stereocenters. The smallest absolute Gasteiger partial charge is 0.317 e. The summed E-state index contributed by atoms with van der Waals surface area (Å²) in [5.74, 6) is 1.79. The van der Waals surface area contributed by atoms with Crippen LogP contribution in [0, 0.1) is 0 Å². The Labute approximate surface area is 140 Å². The molecule has 0 aromatic carbocycles. The lowest BCUT2D eigenvalue weighted by Crippen LogP contribution is -2.52. The van der Waals surface area contributed by atoms with Crippen molar-refractivity contribution in [2.24, 2.45) is 0 Å². The molecule has 134 valence electrons. The molecule has 1 aromatic rings. The number of fused-ring (bicyclic) bond motifs is 1. The quantitative estimate of drug-likeness (QED) is 0.890. The fourth-order valence-corrected chi connectivity index (χ4v) is 3.27. The summed E-state index contributed by atoms with van der Waals surface area (Å²) < 4.78 is 26.8. The monoisotopic (exact) mass is 342 g/mol. The second-order valence-corrected chi connectivity index (χ2v) is 6.33. The second-order valence-electron chi connectivity index (χ2n) is 6.33. The summed E-state index contributed by atoms with van der Waals surface area (Å²) in [6, 6.07) is -0.169. The van der Waals surface area contributed by atoms with Gasteiger partial charge in [-0.3, -0.25) is 4.90 Å². The normalized spacial score (nSPS) is 19.2. The average molecular weight is 342 g/mol. The van der Waals surface area contributed by atoms with Gasteiger partial charge in [0.25, 0.3) is 6.43 Å². The summed E-state index contributed by atoms with van der Waals surface area (Å²) >= 11 is 0. The minimum absolute atomic E-state index is 0.169. The number of urea groups is 1. The molecule has 3 heterocycles. The highest BCUT2D eigenvalue weighted by Crippen LogP contribution is 2.14. The number of nitrogens with one attached hydrogen (secondary N) is 1. The molecular weight excluding hydrogens is 318 g/mol. The SMILES string of the molecule is O=C(NCc1nnc2n1CCCCC2)N1CCN(CC(F)F)CC1. The van der Waals surface area contributed by atoms with Crippen LogP contribution in [-0.2, 0) is 19.5 Å². The number of aryl methyl sites for hydroxylation is 1. The summed E-state index contributed by atoms with van der Waals surface area (Å²) in [6.07, 6.45) is 2.05. The number of carbonyl (C=O) groups is 1. The van der Waals surface area contributed by atoms with E-state index >= 15 is 0 Å². The van der Waals surface area contributed by atoms with Crippen molar-refractivity contribution in [1.82, 2.24) is 29.9 Å². The Morgan fingerprint density at radius 3 is 2.62 bits per heavy atom. The number of alkyl halides is 2. The van der Waals surface area contributed by atoms with E-state index in [0.717, 1.165) is 37.5 Å². The Kier molecular flexibility index (Phi) is 5.60. The van der Waals surface area contributed by atoms with Crippen LogP contribution in [0.2, 0.25) is 0 Å². The van der Waals surface area contributed by atoms with Gasteiger partial charge < -0.3 is 14.8 Å². The standard InChI is InChI=1S/C15H24F2N6O/c16-12(17)11-21-6-8-22(9-7-21)15(24)18-10-14-20-19-13-4-2-1-3-5-23(13)14/h12H,1-11H2,(H,18,24). The molecule has 1 aromatic heterocycles. The zero-order chi connectivity index (χ0) is 16.9. The molecule has 3 rings (SSSR count). The average Bonchev–Trinajstić information content (AvgIpc) is 2.79. The van der Waals surface area contributed by atoms with Gasteiger partial charge >= 0.3 is 6.03 Å². The zero-order valence-corrected chi connectivity index (χ0v) is 13.8. The van der Waals surface area contributed by atoms with Crippen LogP contribution in [0.3, 0.4) is 0 Å². The third kappa shape index (κ3) is 4.19. The topological polar surface area (TPSA) is 66.3 Å². The molecule has 2 aliphatic heterocycles. The van der Waals surface area contributed by atoms with E-state index in [1.54, 1.807) is 9.80 Å². The Morgan fingerprint density at radius 2 is 1.88 bits per heavy atom. The van der Waals surface area contributed by atoms with Gasteiger partial charge in [-0.25, -0.2) is 13.6 Å². The molecule has 0 saturated carbocycles. The molecule has 1 saturated heterocycles. The van der Waals surface area contributed by atoms with Crippen molar-refractivity contribution in [3.63, 3.8) is 0 Å². The maximum Gasteiger partial charge on any atom is 0.317 e. The van der Waals surface area contributed by atoms with Gasteiger partial charge in [0.1, 0.15) is 5.82 Å². The number of hydrogen-bond donors (Lipinski definition) is 1. The number of carbonyl (C=O) groups excluding carboxylic acids is 1. The first-order chi connectivity index (χ1) is 11.6. The van der Waals surface area contributed by atoms with Gasteiger partial charge in [-0.1, -0.05) is 6.42 Å². The highest BCUT2D eigenvalue weighted by Gasteiger charge is 2.23. The largest absolute Gasteiger partial charge is 0.331 e. The number of aromatic nitrogens is 3. The summed E-state index contributed by atoms with van der Waals surface area (Å²) in [4.78, 5) is 15.6. The number of halogens is 2. The van der Waals surface area contributed by atoms with E-state index in [2.05, 4.69) is 20.1 Å². The van der Waals surface area contributed by atoms with E-state index in [1.165, 1.54) is 6.42 Å². The lowest BCUT2D eigenvalue weighted by Gasteiger charge is -2.34. The number of rotatable bonds is 4. The van der Waals surface area contributed by atoms with Gasteiger partial charge in [-0.15, -0.1) is 10.2 Å². The van der Waals surface area contributed by atoms with Gasteiger partial charge in [0.05, 0.1) is 13.1 Å². The van der Waals surface area contributed by atoms with E-state index in [0.29, 0.717) is 32.7 Å². The fourth-order valence-electron chi connectivity index (χ4n) is 3.27. The number of piperazine rings is 1. The maximum absolute atomic E-state index is 12.4. The molecule has 1 fully saturated rings. The highest BCUT2D eigenvalue weighted by molar-refractivity contribution is 5.74. The molecule has 9 heteroatoms. The summed E-state index contributed by atoms with van der Waals surface area (Å²) in [7, 11) is 0. The molecule has 0 aliphatic carbocycles. The Hall–Kier alpha value is -1.77. The highest BCUT2D eigenvalue weighted by atomic mass is 19.3. The zero-order valence-electron chi connectivity index (χ0n) is 13.8. The van der Waals surface area contributed by atoms with Crippen LogP contribution in [0.25, 0.3) is 0 Å². The Balaban J connectivity index is 1.47. The first kappa shape index (κ1) is 17.1. The lowest BCUT2D eigenvalue weighted by atomic mass is 10.2. The first-order valence-corrected chi connectivity index (χ1v) is 8.57. The van der Waals surface area contributed by atoms with E-state index in [-0.39, 0.29) is 12.6 Å². The molecular formula is C15H24F2N6O. The molecule has 0 bridgehead atoms. The predicted octanol–water partition coefficient (Wildman–Crippen LogP) is 1.10. The molecule has 0 radical (unpaired) electrons. The minimum atomic E-state index is -2.33. The third-order valence-corrected chi connectivity index (χ3v) is 4.64. The van der Waals surface area contributed by atoms with Gasteiger partial charge in [0.15, 0.2) is 5.82 Å². The van der Waals surface area contributed by atoms with Crippen molar-refractivity contribution in [3.8, 4) is 0 Å². The van der Waals surface area contributed by atoms with Gasteiger partial charge in [-0.05, 0) is 12.8 Å². The van der Waals surface area contributed by atoms with Crippen LogP contribution in [0.4, 0.5) is 13.6 Å². The molecule has 1 N–H and O–H groups in total. The summed E-state index contributed by atoms with van der Waals surface area (Å²) in [6.45, 7) is 2.94. The summed E-state index contributed by atoms with van der Waals surface area (Å²) in [5, 5.41) is 11.3. The van der Waals surface area contributed by atoms with E-state index < -0.39 is 6.43 Å². The van der Waals surface area contributed by atoms with Gasteiger partial charge in [-0.2, -0.15) is 0 Å².